The first kappa shape index (κ1) is 14.5. The number of aliphatic hydroxyl groups is 1. The summed E-state index contributed by atoms with van der Waals surface area (Å²) in [6.45, 7) is 2.43. The van der Waals surface area contributed by atoms with E-state index in [0.29, 0.717) is 13.0 Å². The standard InChI is InChI=1S/C15H20BrNO2/c1-11(12-3-5-13(16)6-4-12)9-14(18)17-10-15(19)7-2-8-15/h3-6,11,19H,2,7-10H2,1H3,(H,17,18). The van der Waals surface area contributed by atoms with Crippen molar-refractivity contribution in [2.75, 3.05) is 6.54 Å². The van der Waals surface area contributed by atoms with Crippen molar-refractivity contribution in [1.29, 1.82) is 0 Å². The second-order valence-corrected chi connectivity index (χ2v) is 6.43. The second-order valence-electron chi connectivity index (χ2n) is 5.51. The molecule has 1 saturated carbocycles. The van der Waals surface area contributed by atoms with Gasteiger partial charge in [0.05, 0.1) is 5.60 Å². The van der Waals surface area contributed by atoms with Gasteiger partial charge in [0.2, 0.25) is 5.91 Å². The molecule has 0 aromatic heterocycles. The highest BCUT2D eigenvalue weighted by Crippen LogP contribution is 2.30. The fraction of sp³-hybridized carbons (Fsp3) is 0.533. The van der Waals surface area contributed by atoms with Crippen LogP contribution in [0.15, 0.2) is 28.7 Å². The van der Waals surface area contributed by atoms with Crippen molar-refractivity contribution in [2.45, 2.75) is 44.1 Å². The van der Waals surface area contributed by atoms with E-state index >= 15 is 0 Å². The molecule has 104 valence electrons. The van der Waals surface area contributed by atoms with Gasteiger partial charge in [0.1, 0.15) is 0 Å². The Labute approximate surface area is 122 Å². The van der Waals surface area contributed by atoms with E-state index in [9.17, 15) is 9.90 Å². The Hall–Kier alpha value is -0.870. The molecule has 2 N–H and O–H groups in total. The number of amides is 1. The molecule has 1 amide bonds. The quantitative estimate of drug-likeness (QED) is 0.874. The molecule has 1 unspecified atom stereocenters. The van der Waals surface area contributed by atoms with Crippen molar-refractivity contribution < 1.29 is 9.90 Å². The van der Waals surface area contributed by atoms with E-state index in [1.165, 1.54) is 0 Å². The zero-order valence-electron chi connectivity index (χ0n) is 11.2. The van der Waals surface area contributed by atoms with E-state index in [1.807, 2.05) is 31.2 Å². The van der Waals surface area contributed by atoms with Gasteiger partial charge in [-0.05, 0) is 42.9 Å². The molecule has 19 heavy (non-hydrogen) atoms. The number of rotatable bonds is 5. The number of carbonyl (C=O) groups is 1. The van der Waals surface area contributed by atoms with Crippen molar-refractivity contribution in [3.8, 4) is 0 Å². The predicted molar refractivity (Wildman–Crippen MR) is 79.0 cm³/mol. The van der Waals surface area contributed by atoms with Crippen LogP contribution in [0.2, 0.25) is 0 Å². The average Bonchev–Trinajstić information content (AvgIpc) is 2.35. The van der Waals surface area contributed by atoms with Gasteiger partial charge in [0.15, 0.2) is 0 Å². The Morgan fingerprint density at radius 2 is 2.05 bits per heavy atom. The largest absolute Gasteiger partial charge is 0.388 e. The molecule has 1 aromatic rings. The van der Waals surface area contributed by atoms with Crippen molar-refractivity contribution in [3.63, 3.8) is 0 Å². The molecule has 1 aliphatic carbocycles. The molecule has 2 rings (SSSR count). The molecule has 0 bridgehead atoms. The summed E-state index contributed by atoms with van der Waals surface area (Å²) in [7, 11) is 0. The lowest BCUT2D eigenvalue weighted by atomic mass is 9.80. The first-order valence-corrected chi connectivity index (χ1v) is 7.52. The molecule has 0 radical (unpaired) electrons. The van der Waals surface area contributed by atoms with Crippen LogP contribution in [-0.4, -0.2) is 23.2 Å². The summed E-state index contributed by atoms with van der Waals surface area (Å²) in [5, 5.41) is 12.8. The molecule has 1 atom stereocenters. The van der Waals surface area contributed by atoms with E-state index in [-0.39, 0.29) is 11.8 Å². The van der Waals surface area contributed by atoms with Gasteiger partial charge in [-0.3, -0.25) is 4.79 Å². The van der Waals surface area contributed by atoms with Gasteiger partial charge in [0.25, 0.3) is 0 Å². The maximum Gasteiger partial charge on any atom is 0.220 e. The molecular formula is C15H20BrNO2. The summed E-state index contributed by atoms with van der Waals surface area (Å²) in [5.74, 6) is 0.194. The minimum atomic E-state index is -0.642. The van der Waals surface area contributed by atoms with Gasteiger partial charge in [-0.25, -0.2) is 0 Å². The van der Waals surface area contributed by atoms with E-state index in [2.05, 4.69) is 21.2 Å². The maximum atomic E-state index is 11.8. The normalized spacial score (nSPS) is 18.5. The fourth-order valence-electron chi connectivity index (χ4n) is 2.28. The van der Waals surface area contributed by atoms with E-state index in [1.54, 1.807) is 0 Å². The molecule has 3 nitrogen and oxygen atoms in total. The Morgan fingerprint density at radius 3 is 2.58 bits per heavy atom. The first-order valence-electron chi connectivity index (χ1n) is 6.73. The zero-order chi connectivity index (χ0) is 13.9. The molecular weight excluding hydrogens is 306 g/mol. The number of carbonyl (C=O) groups excluding carboxylic acids is 1. The number of hydrogen-bond donors (Lipinski definition) is 2. The molecule has 0 spiro atoms. The van der Waals surface area contributed by atoms with E-state index < -0.39 is 5.60 Å². The van der Waals surface area contributed by atoms with Crippen LogP contribution >= 0.6 is 15.9 Å². The lowest BCUT2D eigenvalue weighted by Crippen LogP contribution is -2.47. The third-order valence-corrected chi connectivity index (χ3v) is 4.36. The lowest BCUT2D eigenvalue weighted by Gasteiger charge is -2.36. The third kappa shape index (κ3) is 4.05. The van der Waals surface area contributed by atoms with Crippen LogP contribution < -0.4 is 5.32 Å². The molecule has 0 aliphatic heterocycles. The van der Waals surface area contributed by atoms with Crippen LogP contribution in [0, 0.1) is 0 Å². The SMILES string of the molecule is CC(CC(=O)NCC1(O)CCC1)c1ccc(Br)cc1. The minimum Gasteiger partial charge on any atom is -0.388 e. The smallest absolute Gasteiger partial charge is 0.220 e. The average molecular weight is 326 g/mol. The number of nitrogens with one attached hydrogen (secondary N) is 1. The van der Waals surface area contributed by atoms with Crippen LogP contribution in [0.25, 0.3) is 0 Å². The summed E-state index contributed by atoms with van der Waals surface area (Å²) in [4.78, 5) is 11.8. The highest BCUT2D eigenvalue weighted by Gasteiger charge is 2.34. The Morgan fingerprint density at radius 1 is 1.42 bits per heavy atom. The van der Waals surface area contributed by atoms with E-state index in [4.69, 9.17) is 0 Å². The molecule has 1 aromatic carbocycles. The van der Waals surface area contributed by atoms with Crippen molar-refractivity contribution in [1.82, 2.24) is 5.32 Å². The topological polar surface area (TPSA) is 49.3 Å². The maximum absolute atomic E-state index is 11.8. The lowest BCUT2D eigenvalue weighted by molar-refractivity contribution is -0.123. The van der Waals surface area contributed by atoms with Gasteiger partial charge < -0.3 is 10.4 Å². The molecule has 0 saturated heterocycles. The Bertz CT molecular complexity index is 440. The highest BCUT2D eigenvalue weighted by molar-refractivity contribution is 9.10. The Balaban J connectivity index is 1.79. The Kier molecular flexibility index (Phi) is 4.63. The summed E-state index contributed by atoms with van der Waals surface area (Å²) >= 11 is 3.40. The van der Waals surface area contributed by atoms with Crippen LogP contribution in [0.5, 0.6) is 0 Å². The summed E-state index contributed by atoms with van der Waals surface area (Å²) in [6, 6.07) is 8.03. The van der Waals surface area contributed by atoms with Crippen LogP contribution in [0.3, 0.4) is 0 Å². The summed E-state index contributed by atoms with van der Waals surface area (Å²) in [6.07, 6.45) is 3.12. The van der Waals surface area contributed by atoms with Crippen molar-refractivity contribution >= 4 is 21.8 Å². The third-order valence-electron chi connectivity index (χ3n) is 3.83. The molecule has 4 heteroatoms. The fourth-order valence-corrected chi connectivity index (χ4v) is 2.55. The summed E-state index contributed by atoms with van der Waals surface area (Å²) in [5.41, 5.74) is 0.511. The van der Waals surface area contributed by atoms with Gasteiger partial charge in [-0.15, -0.1) is 0 Å². The summed E-state index contributed by atoms with van der Waals surface area (Å²) < 4.78 is 1.04. The van der Waals surface area contributed by atoms with Crippen molar-refractivity contribution in [3.05, 3.63) is 34.3 Å². The predicted octanol–water partition coefficient (Wildman–Crippen LogP) is 2.97. The first-order chi connectivity index (χ1) is 8.98. The minimum absolute atomic E-state index is 0.00995. The van der Waals surface area contributed by atoms with E-state index in [0.717, 1.165) is 29.3 Å². The van der Waals surface area contributed by atoms with Gasteiger partial charge in [0, 0.05) is 17.4 Å². The van der Waals surface area contributed by atoms with Crippen LogP contribution in [-0.2, 0) is 4.79 Å². The van der Waals surface area contributed by atoms with Gasteiger partial charge >= 0.3 is 0 Å². The monoisotopic (exact) mass is 325 g/mol. The van der Waals surface area contributed by atoms with Gasteiger partial charge in [-0.2, -0.15) is 0 Å². The molecule has 1 fully saturated rings. The number of halogens is 1. The van der Waals surface area contributed by atoms with Crippen LogP contribution in [0.1, 0.15) is 44.1 Å². The number of hydrogen-bond acceptors (Lipinski definition) is 2. The van der Waals surface area contributed by atoms with Crippen molar-refractivity contribution in [2.24, 2.45) is 0 Å². The highest BCUT2D eigenvalue weighted by atomic mass is 79.9. The number of benzene rings is 1. The van der Waals surface area contributed by atoms with Crippen LogP contribution in [0.4, 0.5) is 0 Å². The second kappa shape index (κ2) is 6.06. The molecule has 1 aliphatic rings. The molecule has 0 heterocycles. The zero-order valence-corrected chi connectivity index (χ0v) is 12.7. The van der Waals surface area contributed by atoms with Gasteiger partial charge in [-0.1, -0.05) is 35.0 Å².